The van der Waals surface area contributed by atoms with Crippen LogP contribution in [-0.2, 0) is 17.3 Å². The summed E-state index contributed by atoms with van der Waals surface area (Å²) in [5.74, 6) is 1.71. The number of hydrogen-bond acceptors (Lipinski definition) is 4. The molecule has 0 bridgehead atoms. The topological polar surface area (TPSA) is 75.0 Å². The summed E-state index contributed by atoms with van der Waals surface area (Å²) in [6.45, 7) is 2.47. The predicted molar refractivity (Wildman–Crippen MR) is 128 cm³/mol. The molecule has 1 aromatic heterocycles. The fourth-order valence-electron chi connectivity index (χ4n) is 3.92. The van der Waals surface area contributed by atoms with E-state index in [4.69, 9.17) is 4.74 Å². The Balaban J connectivity index is 0.00000256. The van der Waals surface area contributed by atoms with Crippen LogP contribution in [0.15, 0.2) is 41.7 Å². The lowest BCUT2D eigenvalue weighted by molar-refractivity contribution is -0.120. The third kappa shape index (κ3) is 4.55. The minimum absolute atomic E-state index is 0. The van der Waals surface area contributed by atoms with Crippen molar-refractivity contribution < 1.29 is 9.53 Å². The van der Waals surface area contributed by atoms with E-state index in [1.807, 2.05) is 30.3 Å². The van der Waals surface area contributed by atoms with Crippen LogP contribution in [-0.4, -0.2) is 66.9 Å². The van der Waals surface area contributed by atoms with Crippen molar-refractivity contribution in [2.75, 3.05) is 45.2 Å². The number of aliphatic imine (C=N–C) groups is 1. The molecule has 9 heteroatoms. The molecule has 1 aliphatic heterocycles. The van der Waals surface area contributed by atoms with E-state index in [-0.39, 0.29) is 35.3 Å². The molecule has 1 saturated heterocycles. The van der Waals surface area contributed by atoms with Gasteiger partial charge in [-0.3, -0.25) is 14.5 Å². The zero-order chi connectivity index (χ0) is 20.4. The minimum atomic E-state index is 0. The molecular formula is C21H29IN6O2. The van der Waals surface area contributed by atoms with Crippen LogP contribution in [0.25, 0.3) is 0 Å². The van der Waals surface area contributed by atoms with Crippen LogP contribution < -0.4 is 15.0 Å². The number of rotatable bonds is 5. The van der Waals surface area contributed by atoms with E-state index in [0.717, 1.165) is 43.3 Å². The Bertz CT molecular complexity index is 906. The highest BCUT2D eigenvalue weighted by molar-refractivity contribution is 14.0. The van der Waals surface area contributed by atoms with Gasteiger partial charge in [0.05, 0.1) is 19.0 Å². The van der Waals surface area contributed by atoms with Gasteiger partial charge in [0.25, 0.3) is 0 Å². The van der Waals surface area contributed by atoms with E-state index in [0.29, 0.717) is 13.1 Å². The molecule has 0 spiro atoms. The summed E-state index contributed by atoms with van der Waals surface area (Å²) >= 11 is 0. The van der Waals surface area contributed by atoms with Crippen molar-refractivity contribution in [3.8, 4) is 5.75 Å². The second-order valence-electron chi connectivity index (χ2n) is 7.75. The normalized spacial score (nSPS) is 18.1. The predicted octanol–water partition coefficient (Wildman–Crippen LogP) is 2.00. The van der Waals surface area contributed by atoms with Crippen molar-refractivity contribution in [3.63, 3.8) is 0 Å². The number of guanidine groups is 1. The molecule has 1 aromatic carbocycles. The summed E-state index contributed by atoms with van der Waals surface area (Å²) in [4.78, 5) is 20.9. The molecule has 1 N–H and O–H groups in total. The largest absolute Gasteiger partial charge is 0.497 e. The number of hydrogen-bond donors (Lipinski definition) is 1. The van der Waals surface area contributed by atoms with Gasteiger partial charge in [0, 0.05) is 45.3 Å². The van der Waals surface area contributed by atoms with Crippen LogP contribution in [0, 0.1) is 0 Å². The van der Waals surface area contributed by atoms with Crippen LogP contribution in [0.3, 0.4) is 0 Å². The quantitative estimate of drug-likeness (QED) is 0.368. The number of ether oxygens (including phenoxy) is 1. The number of amides is 1. The number of piperazine rings is 1. The molecule has 2 aliphatic rings. The molecule has 0 radical (unpaired) electrons. The number of halogens is 1. The smallest absolute Gasteiger partial charge is 0.246 e. The molecule has 1 aliphatic carbocycles. The summed E-state index contributed by atoms with van der Waals surface area (Å²) in [5, 5.41) is 7.67. The van der Waals surface area contributed by atoms with E-state index < -0.39 is 0 Å². The fourth-order valence-corrected chi connectivity index (χ4v) is 3.92. The standard InChI is InChI=1S/C21H28N6O2.HI/c1-22-20(23-15-21(8-9-21)16-4-6-18(29-3)7-5-16)26-10-11-27(19(28)14-26)17-12-24-25(2)13-17;/h4-7,12-13H,8-11,14-15H2,1-3H3,(H,22,23);1H. The van der Waals surface area contributed by atoms with Gasteiger partial charge in [-0.1, -0.05) is 12.1 Å². The summed E-state index contributed by atoms with van der Waals surface area (Å²) in [6.07, 6.45) is 5.90. The lowest BCUT2D eigenvalue weighted by Gasteiger charge is -2.35. The number of anilines is 1. The maximum atomic E-state index is 12.7. The number of aryl methyl sites for hydroxylation is 1. The number of methoxy groups -OCH3 is 1. The number of nitrogens with one attached hydrogen (secondary N) is 1. The van der Waals surface area contributed by atoms with Crippen LogP contribution in [0.5, 0.6) is 5.75 Å². The number of aromatic nitrogens is 2. The Morgan fingerprint density at radius 1 is 1.27 bits per heavy atom. The fraction of sp³-hybridized carbons (Fsp3) is 0.476. The van der Waals surface area contributed by atoms with Gasteiger partial charge >= 0.3 is 0 Å². The second-order valence-corrected chi connectivity index (χ2v) is 7.75. The Kier molecular flexibility index (Phi) is 6.89. The van der Waals surface area contributed by atoms with E-state index in [9.17, 15) is 4.79 Å². The van der Waals surface area contributed by atoms with Crippen molar-refractivity contribution in [1.82, 2.24) is 20.0 Å². The molecule has 30 heavy (non-hydrogen) atoms. The van der Waals surface area contributed by atoms with Crippen LogP contribution in [0.4, 0.5) is 5.69 Å². The molecule has 2 fully saturated rings. The van der Waals surface area contributed by atoms with Crippen molar-refractivity contribution in [1.29, 1.82) is 0 Å². The zero-order valence-electron chi connectivity index (χ0n) is 17.7. The average Bonchev–Trinajstić information content (AvgIpc) is 3.41. The summed E-state index contributed by atoms with van der Waals surface area (Å²) in [6, 6.07) is 8.32. The Morgan fingerprint density at radius 2 is 2.00 bits per heavy atom. The maximum absolute atomic E-state index is 12.7. The van der Waals surface area contributed by atoms with Crippen molar-refractivity contribution in [2.24, 2.45) is 12.0 Å². The van der Waals surface area contributed by atoms with Crippen molar-refractivity contribution in [3.05, 3.63) is 42.2 Å². The van der Waals surface area contributed by atoms with Gasteiger partial charge in [-0.15, -0.1) is 24.0 Å². The molecule has 0 atom stereocenters. The first kappa shape index (κ1) is 22.4. The molecule has 2 heterocycles. The van der Waals surface area contributed by atoms with Crippen LogP contribution >= 0.6 is 24.0 Å². The Labute approximate surface area is 194 Å². The molecule has 2 aromatic rings. The molecule has 8 nitrogen and oxygen atoms in total. The molecule has 0 unspecified atom stereocenters. The third-order valence-electron chi connectivity index (χ3n) is 5.88. The Morgan fingerprint density at radius 3 is 2.53 bits per heavy atom. The van der Waals surface area contributed by atoms with E-state index in [2.05, 4.69) is 27.5 Å². The number of carbonyl (C=O) groups is 1. The van der Waals surface area contributed by atoms with Gasteiger partial charge in [-0.2, -0.15) is 5.10 Å². The molecule has 162 valence electrons. The number of nitrogens with zero attached hydrogens (tertiary/aromatic N) is 5. The summed E-state index contributed by atoms with van der Waals surface area (Å²) in [7, 11) is 5.31. The number of benzene rings is 1. The van der Waals surface area contributed by atoms with Gasteiger partial charge < -0.3 is 19.9 Å². The first-order valence-corrected chi connectivity index (χ1v) is 9.94. The summed E-state index contributed by atoms with van der Waals surface area (Å²) in [5.41, 5.74) is 2.30. The lowest BCUT2D eigenvalue weighted by atomic mass is 9.96. The highest BCUT2D eigenvalue weighted by Crippen LogP contribution is 2.47. The van der Waals surface area contributed by atoms with E-state index >= 15 is 0 Å². The van der Waals surface area contributed by atoms with Gasteiger partial charge in [0.15, 0.2) is 5.96 Å². The molecule has 1 amide bonds. The summed E-state index contributed by atoms with van der Waals surface area (Å²) < 4.78 is 6.98. The van der Waals surface area contributed by atoms with Crippen molar-refractivity contribution >= 4 is 41.5 Å². The van der Waals surface area contributed by atoms with Gasteiger partial charge in [-0.25, -0.2) is 0 Å². The van der Waals surface area contributed by atoms with Gasteiger partial charge in [-0.05, 0) is 30.5 Å². The average molecular weight is 524 g/mol. The van der Waals surface area contributed by atoms with Crippen molar-refractivity contribution in [2.45, 2.75) is 18.3 Å². The Hall–Kier alpha value is -2.30. The molecular weight excluding hydrogens is 495 g/mol. The zero-order valence-corrected chi connectivity index (χ0v) is 20.0. The molecule has 1 saturated carbocycles. The van der Waals surface area contributed by atoms with Gasteiger partial charge in [0.1, 0.15) is 12.3 Å². The monoisotopic (exact) mass is 524 g/mol. The number of carbonyl (C=O) groups excluding carboxylic acids is 1. The van der Waals surface area contributed by atoms with Gasteiger partial charge in [0.2, 0.25) is 5.91 Å². The first-order chi connectivity index (χ1) is 14.0. The first-order valence-electron chi connectivity index (χ1n) is 9.94. The van der Waals surface area contributed by atoms with Crippen LogP contribution in [0.1, 0.15) is 18.4 Å². The van der Waals surface area contributed by atoms with Crippen LogP contribution in [0.2, 0.25) is 0 Å². The SMILES string of the molecule is CN=C(NCC1(c2ccc(OC)cc2)CC1)N1CCN(c2cnn(C)c2)C(=O)C1.I. The maximum Gasteiger partial charge on any atom is 0.246 e. The highest BCUT2D eigenvalue weighted by Gasteiger charge is 2.44. The minimum Gasteiger partial charge on any atom is -0.497 e. The lowest BCUT2D eigenvalue weighted by Crippen LogP contribution is -2.56. The second kappa shape index (κ2) is 9.23. The molecule has 4 rings (SSSR count). The van der Waals surface area contributed by atoms with E-state index in [1.165, 1.54) is 5.56 Å². The highest BCUT2D eigenvalue weighted by atomic mass is 127. The third-order valence-corrected chi connectivity index (χ3v) is 5.88. The van der Waals surface area contributed by atoms with E-state index in [1.54, 1.807) is 29.9 Å².